The Morgan fingerprint density at radius 3 is 2.23 bits per heavy atom. The van der Waals surface area contributed by atoms with E-state index in [1.807, 2.05) is 68.3 Å². The van der Waals surface area contributed by atoms with Crippen molar-refractivity contribution in [2.75, 3.05) is 32.9 Å². The molecule has 0 aromatic heterocycles. The maximum absolute atomic E-state index is 14.5. The summed E-state index contributed by atoms with van der Waals surface area (Å²) < 4.78 is 29.9. The number of nitrogens with zero attached hydrogens (tertiary/aromatic N) is 2. The van der Waals surface area contributed by atoms with Gasteiger partial charge in [-0.2, -0.15) is 0 Å². The number of fused-ring (bicyclic) bond motifs is 16. The third-order valence-corrected chi connectivity index (χ3v) is 16.5. The highest BCUT2D eigenvalue weighted by molar-refractivity contribution is 6.39. The van der Waals surface area contributed by atoms with Crippen molar-refractivity contribution in [1.29, 1.82) is 0 Å². The highest BCUT2D eigenvalue weighted by atomic mass is 16.7. The quantitative estimate of drug-likeness (QED) is 0.146. The lowest BCUT2D eigenvalue weighted by Crippen LogP contribution is -2.61. The number of hydrogen-bond donors (Lipinski definition) is 3. The van der Waals surface area contributed by atoms with Gasteiger partial charge in [-0.1, -0.05) is 71.0 Å². The Kier molecular flexibility index (Phi) is 20.8. The molecule has 1 saturated carbocycles. The highest BCUT2D eigenvalue weighted by Gasteiger charge is 2.53. The smallest absolute Gasteiger partial charge is 0.329 e. The van der Waals surface area contributed by atoms with E-state index in [0.29, 0.717) is 63.4 Å². The molecule has 6 aliphatic rings. The first-order valence-corrected chi connectivity index (χ1v) is 26.7. The second-order valence-corrected chi connectivity index (χ2v) is 21.9. The molecule has 1 amide bonds. The molecule has 4 bridgehead atoms. The van der Waals surface area contributed by atoms with Gasteiger partial charge in [0.2, 0.25) is 5.79 Å². The second kappa shape index (κ2) is 26.1. The number of methoxy groups -OCH3 is 3. The van der Waals surface area contributed by atoms with E-state index in [4.69, 9.17) is 28.5 Å². The lowest BCUT2D eigenvalue weighted by molar-refractivity contribution is -0.265. The largest absolute Gasteiger partial charge is 0.460 e. The summed E-state index contributed by atoms with van der Waals surface area (Å²) >= 11 is 0. The van der Waals surface area contributed by atoms with Gasteiger partial charge in [0.25, 0.3) is 11.7 Å². The first kappa shape index (κ1) is 58.1. The van der Waals surface area contributed by atoms with Crippen molar-refractivity contribution in [3.63, 3.8) is 0 Å². The van der Waals surface area contributed by atoms with Gasteiger partial charge in [-0.15, -0.1) is 0 Å². The first-order chi connectivity index (χ1) is 34.7. The molecule has 5 aliphatic heterocycles. The van der Waals surface area contributed by atoms with Crippen LogP contribution in [0.3, 0.4) is 0 Å². The molecule has 1 aromatic rings. The number of anilines is 1. The number of hydrogen-bond acceptors (Lipinski definition) is 15. The fourth-order valence-corrected chi connectivity index (χ4v) is 11.8. The summed E-state index contributed by atoms with van der Waals surface area (Å²) in [7, 11) is 4.53. The standard InChI is InChI=1S/C57H84N2O14/c1-33-26-37(5)51(62)53(70-10)52(63)38(6)27-34(2)47(61)32-49(35(3)28-40-20-24-46(60)50(30-40)69-9)71-56(66)45-18-14-15-25-58(45)55(65)54(64)57(67)39(7)19-21-42(72-57)31-48(68-8)36(4)29-43-22-23-44(33)59(73-43)41-16-12-11-13-17-41/h11-13,16-17,22-23,27,29,33-35,37,39-40,42-46,48-50,52-53,60,63,67H,14-15,18-21,24-26,28,30-32H2,1-10H3/b36-29+,38-27+/t33-,34+,35+,37+,39+,40-,42-,43+,44-,45-,46+,48-,49-,50+,52+,53-,57+/m0/s1. The van der Waals surface area contributed by atoms with Gasteiger partial charge in [0, 0.05) is 58.5 Å². The van der Waals surface area contributed by atoms with Crippen LogP contribution in [-0.4, -0.2) is 144 Å². The Hall–Kier alpha value is -4.13. The molecule has 7 rings (SSSR count). The molecule has 0 radical (unpaired) electrons. The number of allylic oxidation sites excluding steroid dienone is 1. The van der Waals surface area contributed by atoms with Crippen molar-refractivity contribution in [1.82, 2.24) is 4.90 Å². The number of carbonyl (C=O) groups excluding carboxylic acids is 5. The summed E-state index contributed by atoms with van der Waals surface area (Å²) in [5, 5.41) is 36.2. The summed E-state index contributed by atoms with van der Waals surface area (Å²) in [5.41, 5.74) is 2.00. The van der Waals surface area contributed by atoms with E-state index in [0.717, 1.165) is 11.3 Å². The second-order valence-electron chi connectivity index (χ2n) is 21.9. The van der Waals surface area contributed by atoms with Gasteiger partial charge in [0.15, 0.2) is 5.78 Å². The van der Waals surface area contributed by atoms with Crippen molar-refractivity contribution >= 4 is 34.9 Å². The molecule has 17 atom stereocenters. The molecule has 3 fully saturated rings. The third-order valence-electron chi connectivity index (χ3n) is 16.5. The predicted molar refractivity (Wildman–Crippen MR) is 274 cm³/mol. The number of aliphatic hydroxyl groups is 3. The Morgan fingerprint density at radius 2 is 1.55 bits per heavy atom. The van der Waals surface area contributed by atoms with E-state index >= 15 is 0 Å². The number of ether oxygens (including phenoxy) is 5. The van der Waals surface area contributed by atoms with Crippen LogP contribution < -0.4 is 5.06 Å². The number of aliphatic hydroxyl groups excluding tert-OH is 2. The molecule has 16 nitrogen and oxygen atoms in total. The number of piperidine rings is 1. The number of hydroxylamine groups is 1. The number of carbonyl (C=O) groups is 5. The lowest BCUT2D eigenvalue weighted by Gasteiger charge is -2.43. The maximum Gasteiger partial charge on any atom is 0.329 e. The SMILES string of the molecule is CO[C@H]1C[C@@H]2CC[C@@H](C)[C@@](O)(O2)C(=O)C(=O)N2CCCC[C@H]2C(=O)O[C@H]([C@H](C)C[C@@H]2CC[C@@H](O)[C@H](OC)C2)CC(=O)[C@H](C)/C=C(\C)[C@@H](O)[C@@H](OC)C(=O)[C@H](C)C[C@H](C)[C@@H]2C=C[C@H](/C=C/1C)ON2c1ccccc1. The van der Waals surface area contributed by atoms with Crippen LogP contribution >= 0.6 is 0 Å². The van der Waals surface area contributed by atoms with Crippen LogP contribution in [0.15, 0.2) is 65.8 Å². The summed E-state index contributed by atoms with van der Waals surface area (Å²) in [6, 6.07) is 8.24. The van der Waals surface area contributed by atoms with E-state index < -0.39 is 90.0 Å². The van der Waals surface area contributed by atoms with Gasteiger partial charge in [-0.05, 0) is 125 Å². The van der Waals surface area contributed by atoms with E-state index in [-0.39, 0.29) is 67.3 Å². The minimum atomic E-state index is -2.47. The van der Waals surface area contributed by atoms with Crippen LogP contribution in [0, 0.1) is 35.5 Å². The molecule has 73 heavy (non-hydrogen) atoms. The van der Waals surface area contributed by atoms with E-state index in [9.17, 15) is 39.3 Å². The summed E-state index contributed by atoms with van der Waals surface area (Å²) in [6.45, 7) is 12.8. The van der Waals surface area contributed by atoms with E-state index in [1.54, 1.807) is 41.1 Å². The third kappa shape index (κ3) is 14.0. The van der Waals surface area contributed by atoms with E-state index in [1.165, 1.54) is 12.0 Å². The molecular weight excluding hydrogens is 937 g/mol. The van der Waals surface area contributed by atoms with Crippen LogP contribution in [0.25, 0.3) is 0 Å². The fraction of sp³-hybridized carbons (Fsp3) is 0.702. The molecule has 0 spiro atoms. The number of benzene rings is 1. The van der Waals surface area contributed by atoms with Gasteiger partial charge in [-0.3, -0.25) is 24.0 Å². The van der Waals surface area contributed by atoms with E-state index in [2.05, 4.69) is 13.0 Å². The molecular formula is C57H84N2O14. The van der Waals surface area contributed by atoms with Crippen LogP contribution in [0.2, 0.25) is 0 Å². The molecule has 3 N–H and O–H groups in total. The number of rotatable bonds is 7. The number of ketones is 3. The molecule has 2 saturated heterocycles. The van der Waals surface area contributed by atoms with Crippen LogP contribution in [0.1, 0.15) is 126 Å². The first-order valence-electron chi connectivity index (χ1n) is 26.7. The van der Waals surface area contributed by atoms with Crippen molar-refractivity contribution < 1.29 is 67.8 Å². The fourth-order valence-electron chi connectivity index (χ4n) is 11.8. The monoisotopic (exact) mass is 1020 g/mol. The van der Waals surface area contributed by atoms with Crippen molar-refractivity contribution in [3.05, 3.63) is 65.8 Å². The normalized spacial score (nSPS) is 39.2. The average Bonchev–Trinajstić information content (AvgIpc) is 3.38. The van der Waals surface area contributed by atoms with Crippen LogP contribution in [0.4, 0.5) is 5.69 Å². The van der Waals surface area contributed by atoms with Gasteiger partial charge in [0.1, 0.15) is 36.2 Å². The number of esters is 1. The number of para-hydroxylation sites is 1. The Labute approximate surface area is 432 Å². The van der Waals surface area contributed by atoms with Crippen LogP contribution in [0.5, 0.6) is 0 Å². The zero-order chi connectivity index (χ0) is 53.3. The Bertz CT molecular complexity index is 2150. The maximum atomic E-state index is 14.5. The van der Waals surface area contributed by atoms with Gasteiger partial charge in [-0.25, -0.2) is 9.86 Å². The minimum Gasteiger partial charge on any atom is -0.460 e. The minimum absolute atomic E-state index is 0.0716. The van der Waals surface area contributed by atoms with Gasteiger partial charge in [0.05, 0.1) is 36.1 Å². The zero-order valence-corrected chi connectivity index (χ0v) is 44.9. The van der Waals surface area contributed by atoms with Crippen molar-refractivity contribution in [2.24, 2.45) is 35.5 Å². The summed E-state index contributed by atoms with van der Waals surface area (Å²) in [4.78, 5) is 79.7. The lowest BCUT2D eigenvalue weighted by atomic mass is 9.78. The molecule has 0 unspecified atom stereocenters. The topological polar surface area (TPSA) is 208 Å². The predicted octanol–water partition coefficient (Wildman–Crippen LogP) is 6.81. The highest BCUT2D eigenvalue weighted by Crippen LogP contribution is 2.39. The molecule has 1 aliphatic carbocycles. The summed E-state index contributed by atoms with van der Waals surface area (Å²) in [5.74, 6) is -8.42. The van der Waals surface area contributed by atoms with Gasteiger partial charge < -0.3 is 43.9 Å². The molecule has 16 heteroatoms. The molecule has 406 valence electrons. The average molecular weight is 1020 g/mol. The van der Waals surface area contributed by atoms with Crippen molar-refractivity contribution in [3.8, 4) is 0 Å². The Morgan fingerprint density at radius 1 is 0.822 bits per heavy atom. The summed E-state index contributed by atoms with van der Waals surface area (Å²) in [6.07, 6.45) is 6.48. The Balaban J connectivity index is 1.35. The molecule has 1 aromatic carbocycles. The van der Waals surface area contributed by atoms with Crippen LogP contribution in [-0.2, 0) is 52.5 Å². The molecule has 5 heterocycles. The number of Topliss-reactive ketones (excluding diaryl/α,β-unsaturated/α-hetero) is 3. The zero-order valence-electron chi connectivity index (χ0n) is 44.9. The van der Waals surface area contributed by atoms with Crippen molar-refractivity contribution in [2.45, 2.75) is 192 Å². The van der Waals surface area contributed by atoms with Gasteiger partial charge >= 0.3 is 5.97 Å². The number of amides is 1.